The molecule has 2 rings (SSSR count). The highest BCUT2D eigenvalue weighted by Crippen LogP contribution is 2.60. The molecule has 0 radical (unpaired) electrons. The van der Waals surface area contributed by atoms with Crippen molar-refractivity contribution in [2.75, 3.05) is 6.61 Å². The van der Waals surface area contributed by atoms with E-state index < -0.39 is 0 Å². The van der Waals surface area contributed by atoms with E-state index in [9.17, 15) is 5.11 Å². The molecule has 1 heteroatoms. The van der Waals surface area contributed by atoms with Gasteiger partial charge in [-0.3, -0.25) is 0 Å². The topological polar surface area (TPSA) is 20.2 Å². The van der Waals surface area contributed by atoms with Gasteiger partial charge in [-0.15, -0.1) is 0 Å². The molecule has 1 fully saturated rings. The summed E-state index contributed by atoms with van der Waals surface area (Å²) in [7, 11) is 0. The van der Waals surface area contributed by atoms with Crippen LogP contribution in [0.5, 0.6) is 0 Å². The highest BCUT2D eigenvalue weighted by Gasteiger charge is 2.51. The molecule has 21 heavy (non-hydrogen) atoms. The van der Waals surface area contributed by atoms with Gasteiger partial charge in [-0.2, -0.15) is 0 Å². The molecule has 0 bridgehead atoms. The molecule has 3 unspecified atom stereocenters. The van der Waals surface area contributed by atoms with Crippen molar-refractivity contribution in [3.63, 3.8) is 0 Å². The van der Waals surface area contributed by atoms with Gasteiger partial charge in [0.1, 0.15) is 0 Å². The third-order valence-corrected chi connectivity index (χ3v) is 6.32. The summed E-state index contributed by atoms with van der Waals surface area (Å²) in [6.45, 7) is 13.5. The smallest absolute Gasteiger partial charge is 0.0644 e. The standard InChI is InChI=1S/C20H32O/c1-6-15(2)8-10-17-16(14-21)9-11-18-19(3,4)12-7-13-20(17,18)5/h6,8-9,17-18,21H,1,7,10-14H2,2-5H3. The van der Waals surface area contributed by atoms with E-state index in [4.69, 9.17) is 0 Å². The quantitative estimate of drug-likeness (QED) is 0.551. The number of rotatable bonds is 4. The lowest BCUT2D eigenvalue weighted by atomic mass is 9.48. The van der Waals surface area contributed by atoms with Crippen LogP contribution in [0.4, 0.5) is 0 Å². The fourth-order valence-corrected chi connectivity index (χ4v) is 4.99. The summed E-state index contributed by atoms with van der Waals surface area (Å²) >= 11 is 0. The van der Waals surface area contributed by atoms with Gasteiger partial charge in [0.2, 0.25) is 0 Å². The first-order valence-electron chi connectivity index (χ1n) is 8.44. The van der Waals surface area contributed by atoms with Gasteiger partial charge < -0.3 is 5.11 Å². The maximum absolute atomic E-state index is 9.81. The van der Waals surface area contributed by atoms with Crippen molar-refractivity contribution in [2.45, 2.75) is 59.8 Å². The average molecular weight is 288 g/mol. The zero-order valence-electron chi connectivity index (χ0n) is 14.3. The van der Waals surface area contributed by atoms with Crippen LogP contribution in [-0.4, -0.2) is 11.7 Å². The SMILES string of the molecule is C=CC(C)=CCC1C(CO)=CCC2C(C)(C)CCCC12C. The molecule has 0 saturated heterocycles. The maximum atomic E-state index is 9.81. The molecule has 0 aromatic rings. The van der Waals surface area contributed by atoms with Crippen molar-refractivity contribution >= 4 is 0 Å². The average Bonchev–Trinajstić information content (AvgIpc) is 2.43. The van der Waals surface area contributed by atoms with Gasteiger partial charge >= 0.3 is 0 Å². The number of hydrogen-bond donors (Lipinski definition) is 1. The Morgan fingerprint density at radius 2 is 2.10 bits per heavy atom. The molecule has 0 aromatic heterocycles. The van der Waals surface area contributed by atoms with Crippen LogP contribution in [0.15, 0.2) is 36.0 Å². The van der Waals surface area contributed by atoms with Crippen LogP contribution in [0.2, 0.25) is 0 Å². The predicted octanol–water partition coefficient (Wildman–Crippen LogP) is 5.28. The summed E-state index contributed by atoms with van der Waals surface area (Å²) in [5.74, 6) is 1.22. The normalized spacial score (nSPS) is 35.9. The van der Waals surface area contributed by atoms with Gasteiger partial charge in [-0.25, -0.2) is 0 Å². The molecule has 1 saturated carbocycles. The molecule has 3 atom stereocenters. The Kier molecular flexibility index (Phi) is 4.82. The molecule has 2 aliphatic carbocycles. The fraction of sp³-hybridized carbons (Fsp3) is 0.700. The van der Waals surface area contributed by atoms with Crippen LogP contribution in [0.1, 0.15) is 59.8 Å². The first-order valence-corrected chi connectivity index (χ1v) is 8.44. The van der Waals surface area contributed by atoms with Crippen LogP contribution in [0, 0.1) is 22.7 Å². The number of aliphatic hydroxyl groups is 1. The van der Waals surface area contributed by atoms with Crippen molar-refractivity contribution < 1.29 is 5.11 Å². The third kappa shape index (κ3) is 3.04. The summed E-state index contributed by atoms with van der Waals surface area (Å²) in [6.07, 6.45) is 12.7. The van der Waals surface area contributed by atoms with E-state index in [1.54, 1.807) is 0 Å². The van der Waals surface area contributed by atoms with Crippen LogP contribution >= 0.6 is 0 Å². The van der Waals surface area contributed by atoms with E-state index in [2.05, 4.69) is 46.4 Å². The summed E-state index contributed by atoms with van der Waals surface area (Å²) in [6, 6.07) is 0. The van der Waals surface area contributed by atoms with Gasteiger partial charge in [0.15, 0.2) is 0 Å². The summed E-state index contributed by atoms with van der Waals surface area (Å²) in [4.78, 5) is 0. The lowest BCUT2D eigenvalue weighted by Gasteiger charge is -2.57. The Morgan fingerprint density at radius 1 is 1.38 bits per heavy atom. The van der Waals surface area contributed by atoms with Crippen molar-refractivity contribution in [3.05, 3.63) is 36.0 Å². The molecular weight excluding hydrogens is 256 g/mol. The lowest BCUT2D eigenvalue weighted by Crippen LogP contribution is -2.48. The van der Waals surface area contributed by atoms with Crippen LogP contribution in [0.25, 0.3) is 0 Å². The summed E-state index contributed by atoms with van der Waals surface area (Å²) < 4.78 is 0. The Balaban J connectivity index is 2.35. The summed E-state index contributed by atoms with van der Waals surface area (Å²) in [5, 5.41) is 9.81. The molecule has 0 heterocycles. The lowest BCUT2D eigenvalue weighted by molar-refractivity contribution is -0.0390. The number of aliphatic hydroxyl groups excluding tert-OH is 1. The van der Waals surface area contributed by atoms with Gasteiger partial charge in [0.05, 0.1) is 6.61 Å². The van der Waals surface area contributed by atoms with E-state index in [1.165, 1.54) is 30.4 Å². The molecule has 1 N–H and O–H groups in total. The molecule has 0 aliphatic heterocycles. The Hall–Kier alpha value is -0.820. The Morgan fingerprint density at radius 3 is 2.71 bits per heavy atom. The molecular formula is C20H32O. The zero-order valence-corrected chi connectivity index (χ0v) is 14.3. The van der Waals surface area contributed by atoms with E-state index in [1.807, 2.05) is 6.08 Å². The van der Waals surface area contributed by atoms with Crippen LogP contribution < -0.4 is 0 Å². The minimum Gasteiger partial charge on any atom is -0.392 e. The second-order valence-electron chi connectivity index (χ2n) is 8.01. The molecule has 0 aromatic carbocycles. The Labute approximate surface area is 130 Å². The van der Waals surface area contributed by atoms with E-state index >= 15 is 0 Å². The number of hydrogen-bond acceptors (Lipinski definition) is 1. The van der Waals surface area contributed by atoms with Crippen molar-refractivity contribution in [3.8, 4) is 0 Å². The minimum absolute atomic E-state index is 0.217. The number of allylic oxidation sites excluding steroid dienone is 4. The van der Waals surface area contributed by atoms with E-state index in [-0.39, 0.29) is 6.61 Å². The second-order valence-corrected chi connectivity index (χ2v) is 8.01. The van der Waals surface area contributed by atoms with Crippen LogP contribution in [0.3, 0.4) is 0 Å². The number of fused-ring (bicyclic) bond motifs is 1. The van der Waals surface area contributed by atoms with E-state index in [0.717, 1.165) is 18.8 Å². The maximum Gasteiger partial charge on any atom is 0.0644 e. The second kappa shape index (κ2) is 6.12. The largest absolute Gasteiger partial charge is 0.392 e. The predicted molar refractivity (Wildman–Crippen MR) is 91.1 cm³/mol. The molecule has 0 spiro atoms. The molecule has 118 valence electrons. The molecule has 0 amide bonds. The van der Waals surface area contributed by atoms with Crippen molar-refractivity contribution in [1.82, 2.24) is 0 Å². The first-order chi connectivity index (χ1) is 9.85. The molecule has 1 nitrogen and oxygen atoms in total. The zero-order chi connectivity index (χ0) is 15.7. The monoisotopic (exact) mass is 288 g/mol. The van der Waals surface area contributed by atoms with E-state index in [0.29, 0.717) is 16.7 Å². The van der Waals surface area contributed by atoms with Crippen LogP contribution in [-0.2, 0) is 0 Å². The Bertz CT molecular complexity index is 454. The highest BCUT2D eigenvalue weighted by atomic mass is 16.3. The van der Waals surface area contributed by atoms with Gasteiger partial charge in [-0.05, 0) is 60.8 Å². The first kappa shape index (κ1) is 16.5. The fourth-order valence-electron chi connectivity index (χ4n) is 4.99. The summed E-state index contributed by atoms with van der Waals surface area (Å²) in [5.41, 5.74) is 3.25. The van der Waals surface area contributed by atoms with Gasteiger partial charge in [0, 0.05) is 0 Å². The van der Waals surface area contributed by atoms with Crippen molar-refractivity contribution in [2.24, 2.45) is 22.7 Å². The third-order valence-electron chi connectivity index (χ3n) is 6.32. The highest BCUT2D eigenvalue weighted by molar-refractivity contribution is 5.23. The van der Waals surface area contributed by atoms with Gasteiger partial charge in [-0.1, -0.05) is 57.6 Å². The minimum atomic E-state index is 0.217. The molecule has 2 aliphatic rings. The van der Waals surface area contributed by atoms with Crippen molar-refractivity contribution in [1.29, 1.82) is 0 Å². The van der Waals surface area contributed by atoms with Gasteiger partial charge in [0.25, 0.3) is 0 Å².